The molecule has 0 spiro atoms. The van der Waals surface area contributed by atoms with Gasteiger partial charge in [-0.25, -0.2) is 0 Å². The van der Waals surface area contributed by atoms with Crippen LogP contribution in [0.15, 0.2) is 4.52 Å². The molecule has 0 radical (unpaired) electrons. The van der Waals surface area contributed by atoms with Crippen molar-refractivity contribution in [2.24, 2.45) is 23.5 Å². The molecular formula is C14H21N3O2. The third-order valence-corrected chi connectivity index (χ3v) is 5.47. The maximum absolute atomic E-state index is 9.08. The van der Waals surface area contributed by atoms with Gasteiger partial charge in [-0.2, -0.15) is 4.98 Å². The number of nitrogens with zero attached hydrogens (tertiary/aromatic N) is 2. The average molecular weight is 263 g/mol. The average Bonchev–Trinajstić information content (AvgIpc) is 2.86. The zero-order valence-corrected chi connectivity index (χ0v) is 11.1. The molecule has 0 aromatic carbocycles. The Morgan fingerprint density at radius 1 is 1.21 bits per heavy atom. The fraction of sp³-hybridized carbons (Fsp3) is 0.857. The number of aliphatic hydroxyl groups is 1. The Morgan fingerprint density at radius 3 is 2.32 bits per heavy atom. The first-order chi connectivity index (χ1) is 9.18. The summed E-state index contributed by atoms with van der Waals surface area (Å²) in [7, 11) is 0. The molecule has 4 fully saturated rings. The Kier molecular flexibility index (Phi) is 2.51. The molecule has 0 aliphatic heterocycles. The summed E-state index contributed by atoms with van der Waals surface area (Å²) in [5.41, 5.74) is 5.90. The lowest BCUT2D eigenvalue weighted by Crippen LogP contribution is -2.49. The molecule has 4 bridgehead atoms. The summed E-state index contributed by atoms with van der Waals surface area (Å²) in [6, 6.07) is -0.546. The van der Waals surface area contributed by atoms with Crippen LogP contribution in [0.25, 0.3) is 0 Å². The minimum Gasteiger partial charge on any atom is -0.394 e. The van der Waals surface area contributed by atoms with Crippen LogP contribution >= 0.6 is 0 Å². The SMILES string of the molecule is N[C@@H](CO)c1nc(C23CC4CC(CC(C4)C2)C3)no1. The third-order valence-electron chi connectivity index (χ3n) is 5.47. The number of nitrogens with two attached hydrogens (primary N) is 1. The van der Waals surface area contributed by atoms with E-state index >= 15 is 0 Å². The van der Waals surface area contributed by atoms with Gasteiger partial charge >= 0.3 is 0 Å². The highest BCUT2D eigenvalue weighted by atomic mass is 16.5. The molecule has 1 atom stereocenters. The molecule has 1 heterocycles. The van der Waals surface area contributed by atoms with Gasteiger partial charge in [0.15, 0.2) is 5.82 Å². The summed E-state index contributed by atoms with van der Waals surface area (Å²) in [4.78, 5) is 4.51. The van der Waals surface area contributed by atoms with Crippen LogP contribution in [0.3, 0.4) is 0 Å². The van der Waals surface area contributed by atoms with E-state index in [0.717, 1.165) is 23.6 Å². The van der Waals surface area contributed by atoms with Gasteiger partial charge in [-0.15, -0.1) is 0 Å². The third kappa shape index (κ3) is 1.75. The van der Waals surface area contributed by atoms with Gasteiger partial charge in [-0.05, 0) is 56.3 Å². The summed E-state index contributed by atoms with van der Waals surface area (Å²) in [5, 5.41) is 13.3. The second-order valence-corrected chi connectivity index (χ2v) is 6.94. The van der Waals surface area contributed by atoms with Crippen molar-refractivity contribution in [3.8, 4) is 0 Å². The van der Waals surface area contributed by atoms with Gasteiger partial charge in [-0.1, -0.05) is 5.16 Å². The highest BCUT2D eigenvalue weighted by Crippen LogP contribution is 2.60. The zero-order valence-electron chi connectivity index (χ0n) is 11.1. The van der Waals surface area contributed by atoms with E-state index in [1.165, 1.54) is 38.5 Å². The van der Waals surface area contributed by atoms with Crippen LogP contribution in [0.5, 0.6) is 0 Å². The van der Waals surface area contributed by atoms with Gasteiger partial charge in [0.05, 0.1) is 6.61 Å². The number of aliphatic hydroxyl groups excluding tert-OH is 1. The molecule has 5 rings (SSSR count). The largest absolute Gasteiger partial charge is 0.394 e. The van der Waals surface area contributed by atoms with Crippen LogP contribution in [0.4, 0.5) is 0 Å². The Bertz CT molecular complexity index is 450. The van der Waals surface area contributed by atoms with Crippen molar-refractivity contribution in [1.29, 1.82) is 0 Å². The summed E-state index contributed by atoms with van der Waals surface area (Å²) >= 11 is 0. The summed E-state index contributed by atoms with van der Waals surface area (Å²) in [6.07, 6.45) is 7.85. The molecule has 19 heavy (non-hydrogen) atoms. The maximum Gasteiger partial charge on any atom is 0.245 e. The number of aromatic nitrogens is 2. The van der Waals surface area contributed by atoms with E-state index in [9.17, 15) is 0 Å². The van der Waals surface area contributed by atoms with E-state index in [2.05, 4.69) is 10.1 Å². The molecule has 0 saturated heterocycles. The Labute approximate surface area is 112 Å². The summed E-state index contributed by atoms with van der Waals surface area (Å²) in [6.45, 7) is -0.150. The van der Waals surface area contributed by atoms with Crippen molar-refractivity contribution in [3.05, 3.63) is 11.7 Å². The van der Waals surface area contributed by atoms with Crippen molar-refractivity contribution in [3.63, 3.8) is 0 Å². The predicted molar refractivity (Wildman–Crippen MR) is 68.2 cm³/mol. The molecule has 4 aliphatic rings. The van der Waals surface area contributed by atoms with Crippen LogP contribution in [0.1, 0.15) is 56.3 Å². The highest BCUT2D eigenvalue weighted by molar-refractivity contribution is 5.16. The van der Waals surface area contributed by atoms with E-state index in [1.807, 2.05) is 0 Å². The van der Waals surface area contributed by atoms with Gasteiger partial charge in [0.1, 0.15) is 6.04 Å². The lowest BCUT2D eigenvalue weighted by Gasteiger charge is -2.55. The molecule has 5 nitrogen and oxygen atoms in total. The van der Waals surface area contributed by atoms with E-state index in [4.69, 9.17) is 15.4 Å². The number of hydrogen-bond donors (Lipinski definition) is 2. The molecule has 1 aromatic heterocycles. The lowest BCUT2D eigenvalue weighted by molar-refractivity contribution is -0.0103. The van der Waals surface area contributed by atoms with Crippen LogP contribution in [-0.4, -0.2) is 21.9 Å². The Hall–Kier alpha value is -0.940. The van der Waals surface area contributed by atoms with E-state index < -0.39 is 6.04 Å². The molecule has 1 aromatic rings. The predicted octanol–water partition coefficient (Wildman–Crippen LogP) is 1.53. The van der Waals surface area contributed by atoms with Crippen LogP contribution in [0.2, 0.25) is 0 Å². The number of hydrogen-bond acceptors (Lipinski definition) is 5. The van der Waals surface area contributed by atoms with Gasteiger partial charge in [0.2, 0.25) is 5.89 Å². The summed E-state index contributed by atoms with van der Waals surface area (Å²) < 4.78 is 5.26. The fourth-order valence-electron chi connectivity index (χ4n) is 5.06. The van der Waals surface area contributed by atoms with Crippen molar-refractivity contribution >= 4 is 0 Å². The topological polar surface area (TPSA) is 85.2 Å². The number of rotatable bonds is 3. The quantitative estimate of drug-likeness (QED) is 0.863. The van der Waals surface area contributed by atoms with Gasteiger partial charge in [0, 0.05) is 5.41 Å². The minimum absolute atomic E-state index is 0.145. The van der Waals surface area contributed by atoms with Crippen LogP contribution in [-0.2, 0) is 5.41 Å². The van der Waals surface area contributed by atoms with E-state index in [0.29, 0.717) is 5.89 Å². The summed E-state index contributed by atoms with van der Waals surface area (Å²) in [5.74, 6) is 3.82. The highest BCUT2D eigenvalue weighted by Gasteiger charge is 2.53. The molecule has 0 unspecified atom stereocenters. The second-order valence-electron chi connectivity index (χ2n) is 6.94. The van der Waals surface area contributed by atoms with E-state index in [-0.39, 0.29) is 12.0 Å². The van der Waals surface area contributed by atoms with Crippen molar-refractivity contribution < 1.29 is 9.63 Å². The molecule has 3 N–H and O–H groups in total. The smallest absolute Gasteiger partial charge is 0.245 e. The van der Waals surface area contributed by atoms with Crippen LogP contribution < -0.4 is 5.73 Å². The second kappa shape index (κ2) is 4.03. The maximum atomic E-state index is 9.08. The van der Waals surface area contributed by atoms with Crippen molar-refractivity contribution in [2.75, 3.05) is 6.61 Å². The fourth-order valence-corrected chi connectivity index (χ4v) is 5.06. The Balaban J connectivity index is 1.66. The Morgan fingerprint density at radius 2 is 1.79 bits per heavy atom. The zero-order chi connectivity index (χ0) is 13.0. The van der Waals surface area contributed by atoms with Gasteiger partial charge < -0.3 is 15.4 Å². The molecule has 104 valence electrons. The first-order valence-corrected chi connectivity index (χ1v) is 7.39. The van der Waals surface area contributed by atoms with Gasteiger partial charge in [0.25, 0.3) is 0 Å². The van der Waals surface area contributed by atoms with E-state index in [1.54, 1.807) is 0 Å². The molecule has 4 saturated carbocycles. The first kappa shape index (κ1) is 11.9. The van der Waals surface area contributed by atoms with Crippen molar-refractivity contribution in [1.82, 2.24) is 10.1 Å². The van der Waals surface area contributed by atoms with Crippen molar-refractivity contribution in [2.45, 2.75) is 50.0 Å². The monoisotopic (exact) mass is 263 g/mol. The molecule has 5 heteroatoms. The molecule has 4 aliphatic carbocycles. The van der Waals surface area contributed by atoms with Gasteiger partial charge in [-0.3, -0.25) is 0 Å². The van der Waals surface area contributed by atoms with Crippen LogP contribution in [0, 0.1) is 17.8 Å². The molecule has 0 amide bonds. The minimum atomic E-state index is -0.546. The lowest BCUT2D eigenvalue weighted by atomic mass is 9.49. The molecular weight excluding hydrogens is 242 g/mol. The first-order valence-electron chi connectivity index (χ1n) is 7.39. The standard InChI is InChI=1S/C14H21N3O2/c15-11(7-18)12-16-13(17-19-12)14-4-8-1-9(5-14)3-10(2-8)6-14/h8-11,18H,1-7,15H2/t8?,9?,10?,11-,14?/m0/s1. The normalized spacial score (nSPS) is 41.7.